The summed E-state index contributed by atoms with van der Waals surface area (Å²) in [5, 5.41) is 6.85. The second-order valence-electron chi connectivity index (χ2n) is 5.25. The number of nitrogens with zero attached hydrogens (tertiary/aromatic N) is 2. The number of benzene rings is 1. The quantitative estimate of drug-likeness (QED) is 0.775. The number of H-pyrrole nitrogens is 1. The Morgan fingerprint density at radius 3 is 2.91 bits per heavy atom. The van der Waals surface area contributed by atoms with Crippen LogP contribution in [0.1, 0.15) is 47.5 Å². The molecule has 2 heterocycles. The number of hydrogen-bond acceptors (Lipinski definition) is 4. The summed E-state index contributed by atoms with van der Waals surface area (Å²) in [6, 6.07) is 7.54. The van der Waals surface area contributed by atoms with Gasteiger partial charge in [0.25, 0.3) is 5.91 Å². The first-order valence-electron chi connectivity index (χ1n) is 7.30. The van der Waals surface area contributed by atoms with Gasteiger partial charge in [-0.2, -0.15) is 0 Å². The minimum Gasteiger partial charge on any atom is -0.361 e. The van der Waals surface area contributed by atoms with Crippen LogP contribution < -0.4 is 5.32 Å². The monoisotopic (exact) mass is 298 g/mol. The number of para-hydroxylation sites is 2. The Bertz CT molecular complexity index is 786. The van der Waals surface area contributed by atoms with E-state index in [-0.39, 0.29) is 11.9 Å². The molecule has 0 spiro atoms. The summed E-state index contributed by atoms with van der Waals surface area (Å²) in [6.07, 6.45) is 0.652. The molecule has 6 nitrogen and oxygen atoms in total. The van der Waals surface area contributed by atoms with E-state index in [0.717, 1.165) is 16.9 Å². The van der Waals surface area contributed by atoms with Gasteiger partial charge in [0.1, 0.15) is 17.1 Å². The Balaban J connectivity index is 1.82. The third-order valence-electron chi connectivity index (χ3n) is 3.66. The van der Waals surface area contributed by atoms with Gasteiger partial charge in [0.2, 0.25) is 0 Å². The lowest BCUT2D eigenvalue weighted by Crippen LogP contribution is -2.28. The van der Waals surface area contributed by atoms with Crippen molar-refractivity contribution in [3.63, 3.8) is 0 Å². The Kier molecular flexibility index (Phi) is 3.66. The fraction of sp³-hybridized carbons (Fsp3) is 0.312. The number of aryl methyl sites for hydroxylation is 2. The molecule has 1 unspecified atom stereocenters. The van der Waals surface area contributed by atoms with E-state index in [1.54, 1.807) is 6.92 Å². The Morgan fingerprint density at radius 2 is 2.18 bits per heavy atom. The van der Waals surface area contributed by atoms with Gasteiger partial charge in [-0.05, 0) is 32.4 Å². The summed E-state index contributed by atoms with van der Waals surface area (Å²) in [7, 11) is 0. The van der Waals surface area contributed by atoms with Crippen molar-refractivity contribution in [1.29, 1.82) is 0 Å². The standard InChI is InChI=1S/C16H18N4O2/c1-4-11-14(10(3)22-20-11)16(21)17-9(2)15-18-12-7-5-6-8-13(12)19-15/h5-9H,4H2,1-3H3,(H,17,21)(H,18,19). The molecule has 2 N–H and O–H groups in total. The fourth-order valence-electron chi connectivity index (χ4n) is 2.47. The number of fused-ring (bicyclic) bond motifs is 1. The fourth-order valence-corrected chi connectivity index (χ4v) is 2.47. The lowest BCUT2D eigenvalue weighted by atomic mass is 10.1. The number of rotatable bonds is 4. The van der Waals surface area contributed by atoms with Crippen molar-refractivity contribution in [3.8, 4) is 0 Å². The summed E-state index contributed by atoms with van der Waals surface area (Å²) >= 11 is 0. The van der Waals surface area contributed by atoms with Crippen LogP contribution in [0, 0.1) is 6.92 Å². The molecule has 2 aromatic heterocycles. The minimum atomic E-state index is -0.237. The first-order chi connectivity index (χ1) is 10.6. The highest BCUT2D eigenvalue weighted by Gasteiger charge is 2.22. The van der Waals surface area contributed by atoms with E-state index in [1.807, 2.05) is 38.1 Å². The van der Waals surface area contributed by atoms with Gasteiger partial charge in [-0.3, -0.25) is 4.79 Å². The van der Waals surface area contributed by atoms with E-state index >= 15 is 0 Å². The number of aromatic nitrogens is 3. The number of hydrogen-bond donors (Lipinski definition) is 2. The first-order valence-corrected chi connectivity index (χ1v) is 7.30. The van der Waals surface area contributed by atoms with Gasteiger partial charge in [-0.15, -0.1) is 0 Å². The third-order valence-corrected chi connectivity index (χ3v) is 3.66. The third kappa shape index (κ3) is 2.47. The Morgan fingerprint density at radius 1 is 1.41 bits per heavy atom. The normalized spacial score (nSPS) is 12.5. The lowest BCUT2D eigenvalue weighted by molar-refractivity contribution is 0.0936. The average Bonchev–Trinajstić information content (AvgIpc) is 3.10. The molecule has 0 saturated heterocycles. The highest BCUT2D eigenvalue weighted by molar-refractivity contribution is 5.96. The van der Waals surface area contributed by atoms with Crippen molar-refractivity contribution in [1.82, 2.24) is 20.4 Å². The molecule has 1 aromatic carbocycles. The lowest BCUT2D eigenvalue weighted by Gasteiger charge is -2.11. The first kappa shape index (κ1) is 14.3. The number of nitrogens with one attached hydrogen (secondary N) is 2. The van der Waals surface area contributed by atoms with Crippen LogP contribution in [0.25, 0.3) is 11.0 Å². The average molecular weight is 298 g/mol. The van der Waals surface area contributed by atoms with Crippen molar-refractivity contribution in [2.75, 3.05) is 0 Å². The van der Waals surface area contributed by atoms with Crippen molar-refractivity contribution in [2.24, 2.45) is 0 Å². The maximum atomic E-state index is 12.5. The van der Waals surface area contributed by atoms with E-state index in [2.05, 4.69) is 20.4 Å². The van der Waals surface area contributed by atoms with Gasteiger partial charge >= 0.3 is 0 Å². The van der Waals surface area contributed by atoms with E-state index in [4.69, 9.17) is 4.52 Å². The summed E-state index contributed by atoms with van der Waals surface area (Å²) in [5.74, 6) is 1.07. The molecule has 0 fully saturated rings. The zero-order valence-corrected chi connectivity index (χ0v) is 12.8. The van der Waals surface area contributed by atoms with Gasteiger partial charge in [0, 0.05) is 0 Å². The number of imidazole rings is 1. The second kappa shape index (κ2) is 5.63. The minimum absolute atomic E-state index is 0.191. The van der Waals surface area contributed by atoms with Crippen LogP contribution in [0.3, 0.4) is 0 Å². The molecule has 6 heteroatoms. The maximum absolute atomic E-state index is 12.5. The van der Waals surface area contributed by atoms with E-state index in [9.17, 15) is 4.79 Å². The molecule has 114 valence electrons. The predicted molar refractivity (Wildman–Crippen MR) is 82.6 cm³/mol. The van der Waals surface area contributed by atoms with Crippen LogP contribution in [0.4, 0.5) is 0 Å². The van der Waals surface area contributed by atoms with Crippen molar-refractivity contribution < 1.29 is 9.32 Å². The molecule has 0 aliphatic rings. The molecular weight excluding hydrogens is 280 g/mol. The van der Waals surface area contributed by atoms with Crippen molar-refractivity contribution in [3.05, 3.63) is 47.1 Å². The maximum Gasteiger partial charge on any atom is 0.257 e. The number of carbonyl (C=O) groups is 1. The molecule has 0 aliphatic heterocycles. The van der Waals surface area contributed by atoms with Gasteiger partial charge in [-0.1, -0.05) is 24.2 Å². The molecular formula is C16H18N4O2. The molecule has 0 saturated carbocycles. The SMILES string of the molecule is CCc1noc(C)c1C(=O)NC(C)c1nc2ccccc2[nH]1. The summed E-state index contributed by atoms with van der Waals surface area (Å²) in [5.41, 5.74) is 3.03. The molecule has 3 rings (SSSR count). The van der Waals surface area contributed by atoms with Crippen LogP contribution in [-0.2, 0) is 6.42 Å². The van der Waals surface area contributed by atoms with Gasteiger partial charge in [0.05, 0.1) is 22.8 Å². The van der Waals surface area contributed by atoms with Gasteiger partial charge in [0.15, 0.2) is 0 Å². The zero-order chi connectivity index (χ0) is 15.7. The highest BCUT2D eigenvalue weighted by atomic mass is 16.5. The topological polar surface area (TPSA) is 83.8 Å². The molecule has 22 heavy (non-hydrogen) atoms. The van der Waals surface area contributed by atoms with Crippen LogP contribution >= 0.6 is 0 Å². The smallest absolute Gasteiger partial charge is 0.257 e. The molecule has 3 aromatic rings. The highest BCUT2D eigenvalue weighted by Crippen LogP contribution is 2.18. The summed E-state index contributed by atoms with van der Waals surface area (Å²) in [6.45, 7) is 5.58. The predicted octanol–water partition coefficient (Wildman–Crippen LogP) is 2.91. The van der Waals surface area contributed by atoms with Gasteiger partial charge in [-0.25, -0.2) is 4.98 Å². The van der Waals surface area contributed by atoms with E-state index < -0.39 is 0 Å². The molecule has 0 bridgehead atoms. The van der Waals surface area contributed by atoms with Gasteiger partial charge < -0.3 is 14.8 Å². The Labute approximate surface area is 127 Å². The number of carbonyl (C=O) groups excluding carboxylic acids is 1. The zero-order valence-electron chi connectivity index (χ0n) is 12.8. The largest absolute Gasteiger partial charge is 0.361 e. The number of amides is 1. The second-order valence-corrected chi connectivity index (χ2v) is 5.25. The van der Waals surface area contributed by atoms with Crippen molar-refractivity contribution >= 4 is 16.9 Å². The van der Waals surface area contributed by atoms with Crippen LogP contribution in [0.2, 0.25) is 0 Å². The number of aromatic amines is 1. The molecule has 0 aliphatic carbocycles. The van der Waals surface area contributed by atoms with E-state index in [0.29, 0.717) is 23.4 Å². The van der Waals surface area contributed by atoms with Crippen molar-refractivity contribution in [2.45, 2.75) is 33.2 Å². The molecule has 0 radical (unpaired) electrons. The summed E-state index contributed by atoms with van der Waals surface area (Å²) in [4.78, 5) is 20.2. The van der Waals surface area contributed by atoms with Crippen LogP contribution in [-0.4, -0.2) is 21.0 Å². The molecule has 1 atom stereocenters. The van der Waals surface area contributed by atoms with Crippen LogP contribution in [0.5, 0.6) is 0 Å². The molecule has 1 amide bonds. The van der Waals surface area contributed by atoms with Crippen LogP contribution in [0.15, 0.2) is 28.8 Å². The summed E-state index contributed by atoms with van der Waals surface area (Å²) < 4.78 is 5.11. The Hall–Kier alpha value is -2.63. The van der Waals surface area contributed by atoms with E-state index in [1.165, 1.54) is 0 Å².